The molecule has 0 spiro atoms. The van der Waals surface area contributed by atoms with E-state index in [-0.39, 0.29) is 18.1 Å². The van der Waals surface area contributed by atoms with Gasteiger partial charge in [-0.2, -0.15) is 0 Å². The minimum Gasteiger partial charge on any atom is -0.481 e. The van der Waals surface area contributed by atoms with E-state index in [2.05, 4.69) is 20.4 Å². The molecule has 0 heterocycles. The summed E-state index contributed by atoms with van der Waals surface area (Å²) in [5.41, 5.74) is 0.0247. The van der Waals surface area contributed by atoms with E-state index in [1.807, 2.05) is 0 Å². The van der Waals surface area contributed by atoms with E-state index in [1.54, 1.807) is 0 Å². The second kappa shape index (κ2) is 16.2. The highest BCUT2D eigenvalue weighted by atomic mass is 16.5. The third-order valence-electron chi connectivity index (χ3n) is 4.42. The van der Waals surface area contributed by atoms with E-state index >= 15 is 0 Å². The summed E-state index contributed by atoms with van der Waals surface area (Å²) in [6.07, 6.45) is 15.0. The zero-order chi connectivity index (χ0) is 18.9. The van der Waals surface area contributed by atoms with Crippen LogP contribution >= 0.6 is 0 Å². The highest BCUT2D eigenvalue weighted by Gasteiger charge is 2.17. The first-order valence-electron chi connectivity index (χ1n) is 10.1. The molecule has 0 amide bonds. The second-order valence-electron chi connectivity index (χ2n) is 6.96. The molecule has 1 N–H and O–H groups in total. The normalized spacial score (nSPS) is 11.9. The van der Waals surface area contributed by atoms with Crippen LogP contribution in [-0.4, -0.2) is 23.1 Å². The van der Waals surface area contributed by atoms with Crippen molar-refractivity contribution >= 4 is 11.9 Å². The summed E-state index contributed by atoms with van der Waals surface area (Å²) < 4.78 is 5.43. The Kier molecular flexibility index (Phi) is 15.3. The minimum absolute atomic E-state index is 0.0247. The number of carboxylic acid groups (broad SMARTS) is 1. The molecule has 0 aromatic heterocycles. The van der Waals surface area contributed by atoms with Gasteiger partial charge in [0.1, 0.15) is 6.10 Å². The molecule has 0 saturated heterocycles. The molecule has 0 aliphatic heterocycles. The first kappa shape index (κ1) is 23.7. The second-order valence-corrected chi connectivity index (χ2v) is 6.96. The van der Waals surface area contributed by atoms with Crippen molar-refractivity contribution in [2.24, 2.45) is 0 Å². The largest absolute Gasteiger partial charge is 0.481 e. The Hall–Kier alpha value is -1.32. The molecule has 0 bridgehead atoms. The van der Waals surface area contributed by atoms with Crippen molar-refractivity contribution in [1.29, 1.82) is 0 Å². The van der Waals surface area contributed by atoms with Crippen molar-refractivity contribution in [2.45, 2.75) is 110 Å². The van der Waals surface area contributed by atoms with E-state index in [0.717, 1.165) is 25.7 Å². The van der Waals surface area contributed by atoms with Crippen LogP contribution in [0, 0.1) is 0 Å². The molecule has 1 atom stereocenters. The van der Waals surface area contributed by atoms with Crippen molar-refractivity contribution < 1.29 is 19.4 Å². The lowest BCUT2D eigenvalue weighted by Gasteiger charge is -2.17. The number of ether oxygens (including phenoxy) is 1. The first-order valence-corrected chi connectivity index (χ1v) is 10.1. The van der Waals surface area contributed by atoms with E-state index in [9.17, 15) is 9.59 Å². The quantitative estimate of drug-likeness (QED) is 0.196. The highest BCUT2D eigenvalue weighted by molar-refractivity contribution is 5.92. The van der Waals surface area contributed by atoms with Crippen LogP contribution in [0.1, 0.15) is 104 Å². The summed E-state index contributed by atoms with van der Waals surface area (Å²) in [5.74, 6) is -1.61. The fourth-order valence-electron chi connectivity index (χ4n) is 2.93. The lowest BCUT2D eigenvalue weighted by Crippen LogP contribution is -2.20. The maximum absolute atomic E-state index is 11.9. The van der Waals surface area contributed by atoms with Gasteiger partial charge in [-0.1, -0.05) is 84.6 Å². The molecular weight excluding hydrogens is 316 g/mol. The molecular formula is C21H38O4. The fourth-order valence-corrected chi connectivity index (χ4v) is 2.93. The summed E-state index contributed by atoms with van der Waals surface area (Å²) in [6.45, 7) is 7.81. The van der Waals surface area contributed by atoms with Gasteiger partial charge in [0, 0.05) is 5.57 Å². The average molecular weight is 355 g/mol. The van der Waals surface area contributed by atoms with Gasteiger partial charge in [-0.05, 0) is 19.3 Å². The first-order chi connectivity index (χ1) is 12.0. The Morgan fingerprint density at radius 2 is 1.36 bits per heavy atom. The maximum Gasteiger partial charge on any atom is 0.334 e. The van der Waals surface area contributed by atoms with Gasteiger partial charge in [-0.3, -0.25) is 4.79 Å². The lowest BCUT2D eigenvalue weighted by molar-refractivity contribution is -0.147. The summed E-state index contributed by atoms with van der Waals surface area (Å²) >= 11 is 0. The number of carbonyl (C=O) groups excluding carboxylic acids is 1. The Morgan fingerprint density at radius 1 is 0.840 bits per heavy atom. The summed E-state index contributed by atoms with van der Waals surface area (Å²) in [5, 5.41) is 8.71. The Morgan fingerprint density at radius 3 is 1.84 bits per heavy atom. The molecule has 0 fully saturated rings. The maximum atomic E-state index is 11.9. The number of aliphatic carboxylic acids is 1. The summed E-state index contributed by atoms with van der Waals surface area (Å²) in [4.78, 5) is 22.5. The SMILES string of the molecule is C=C(CC(=O)O)C(=O)OC(CCC)CCCCCCCCCCCC. The predicted octanol–water partition coefficient (Wildman–Crippen LogP) is 6.04. The van der Waals surface area contributed by atoms with Crippen LogP contribution in [-0.2, 0) is 14.3 Å². The molecule has 1 unspecified atom stereocenters. The van der Waals surface area contributed by atoms with Crippen LogP contribution in [0.25, 0.3) is 0 Å². The molecule has 0 aliphatic rings. The molecule has 0 aromatic rings. The molecule has 0 aliphatic carbocycles. The van der Waals surface area contributed by atoms with E-state index < -0.39 is 11.9 Å². The van der Waals surface area contributed by atoms with Gasteiger partial charge in [-0.15, -0.1) is 0 Å². The zero-order valence-electron chi connectivity index (χ0n) is 16.4. The summed E-state index contributed by atoms with van der Waals surface area (Å²) in [6, 6.07) is 0. The minimum atomic E-state index is -1.05. The molecule has 25 heavy (non-hydrogen) atoms. The Labute approximate surface area is 154 Å². The Balaban J connectivity index is 3.80. The monoisotopic (exact) mass is 354 g/mol. The van der Waals surface area contributed by atoms with E-state index in [4.69, 9.17) is 9.84 Å². The number of hydrogen-bond donors (Lipinski definition) is 1. The summed E-state index contributed by atoms with van der Waals surface area (Å²) in [7, 11) is 0. The van der Waals surface area contributed by atoms with E-state index in [1.165, 1.54) is 57.8 Å². The van der Waals surface area contributed by atoms with Crippen molar-refractivity contribution in [2.75, 3.05) is 0 Å². The van der Waals surface area contributed by atoms with Crippen molar-refractivity contribution in [1.82, 2.24) is 0 Å². The Bertz CT molecular complexity index is 376. The molecule has 146 valence electrons. The van der Waals surface area contributed by atoms with E-state index in [0.29, 0.717) is 0 Å². The molecule has 0 aromatic carbocycles. The lowest BCUT2D eigenvalue weighted by atomic mass is 10.0. The molecule has 4 heteroatoms. The molecule has 0 saturated carbocycles. The van der Waals surface area contributed by atoms with Crippen molar-refractivity contribution in [3.05, 3.63) is 12.2 Å². The van der Waals surface area contributed by atoms with Crippen molar-refractivity contribution in [3.8, 4) is 0 Å². The van der Waals surface area contributed by atoms with Crippen LogP contribution in [0.4, 0.5) is 0 Å². The third kappa shape index (κ3) is 14.7. The predicted molar refractivity (Wildman–Crippen MR) is 103 cm³/mol. The number of unbranched alkanes of at least 4 members (excludes halogenated alkanes) is 9. The number of hydrogen-bond acceptors (Lipinski definition) is 3. The van der Waals surface area contributed by atoms with Gasteiger partial charge < -0.3 is 9.84 Å². The van der Waals surface area contributed by atoms with Gasteiger partial charge in [0.2, 0.25) is 0 Å². The fraction of sp³-hybridized carbons (Fsp3) is 0.810. The van der Waals surface area contributed by atoms with Gasteiger partial charge in [-0.25, -0.2) is 4.79 Å². The van der Waals surface area contributed by atoms with Gasteiger partial charge in [0.25, 0.3) is 0 Å². The topological polar surface area (TPSA) is 63.6 Å². The van der Waals surface area contributed by atoms with Gasteiger partial charge in [0.15, 0.2) is 0 Å². The van der Waals surface area contributed by atoms with Crippen LogP contribution < -0.4 is 0 Å². The van der Waals surface area contributed by atoms with Crippen LogP contribution in [0.15, 0.2) is 12.2 Å². The standard InChI is InChI=1S/C21H38O4/c1-4-6-7-8-9-10-11-12-13-14-16-19(15-5-2)25-21(24)18(3)17-20(22)23/h19H,3-17H2,1-2H3,(H,22,23). The van der Waals surface area contributed by atoms with Crippen molar-refractivity contribution in [3.63, 3.8) is 0 Å². The third-order valence-corrected chi connectivity index (χ3v) is 4.42. The van der Waals surface area contributed by atoms with Crippen LogP contribution in [0.5, 0.6) is 0 Å². The highest BCUT2D eigenvalue weighted by Crippen LogP contribution is 2.16. The van der Waals surface area contributed by atoms with Crippen LogP contribution in [0.2, 0.25) is 0 Å². The van der Waals surface area contributed by atoms with Gasteiger partial charge >= 0.3 is 11.9 Å². The molecule has 0 rings (SSSR count). The molecule has 4 nitrogen and oxygen atoms in total. The number of rotatable bonds is 17. The number of esters is 1. The average Bonchev–Trinajstić information content (AvgIpc) is 2.56. The van der Waals surface area contributed by atoms with Gasteiger partial charge in [0.05, 0.1) is 6.42 Å². The smallest absolute Gasteiger partial charge is 0.334 e. The number of carbonyl (C=O) groups is 2. The number of carboxylic acids is 1. The molecule has 0 radical (unpaired) electrons. The van der Waals surface area contributed by atoms with Crippen LogP contribution in [0.3, 0.4) is 0 Å². The zero-order valence-corrected chi connectivity index (χ0v) is 16.4.